The molecular weight excluding hydrogens is 487 g/mol. The van der Waals surface area contributed by atoms with Gasteiger partial charge in [-0.3, -0.25) is 0 Å². The third kappa shape index (κ3) is 5.34. The van der Waals surface area contributed by atoms with Gasteiger partial charge >= 0.3 is 0 Å². The number of hydrogen-bond acceptors (Lipinski definition) is 5. The first-order valence-corrected chi connectivity index (χ1v) is 10.2. The fourth-order valence-electron chi connectivity index (χ4n) is 3.24. The van der Waals surface area contributed by atoms with Crippen LogP contribution in [0, 0.1) is 6.92 Å². The number of nitrogens with zero attached hydrogens (tertiary/aromatic N) is 4. The Kier molecular flexibility index (Phi) is 7.49. The van der Waals surface area contributed by atoms with Crippen molar-refractivity contribution >= 4 is 41.3 Å². The molecule has 0 bridgehead atoms. The van der Waals surface area contributed by atoms with Gasteiger partial charge in [0.15, 0.2) is 5.96 Å². The van der Waals surface area contributed by atoms with E-state index in [1.54, 1.807) is 17.6 Å². The number of rotatable bonds is 6. The molecule has 2 N–H and O–H groups in total. The maximum atomic E-state index is 5.41. The van der Waals surface area contributed by atoms with E-state index in [1.165, 1.54) is 4.88 Å². The molecule has 3 aromatic heterocycles. The van der Waals surface area contributed by atoms with Crippen molar-refractivity contribution in [3.05, 3.63) is 58.2 Å². The van der Waals surface area contributed by atoms with Crippen molar-refractivity contribution in [2.24, 2.45) is 4.99 Å². The van der Waals surface area contributed by atoms with Crippen LogP contribution < -0.4 is 10.6 Å². The molecule has 0 saturated heterocycles. The van der Waals surface area contributed by atoms with Crippen LogP contribution in [0.15, 0.2) is 45.3 Å². The predicted octanol–water partition coefficient (Wildman–Crippen LogP) is 3.67. The highest BCUT2D eigenvalue weighted by Crippen LogP contribution is 2.23. The van der Waals surface area contributed by atoms with E-state index in [9.17, 15) is 0 Å². The van der Waals surface area contributed by atoms with Crippen LogP contribution in [0.4, 0.5) is 0 Å². The lowest BCUT2D eigenvalue weighted by molar-refractivity contribution is 0.397. The van der Waals surface area contributed by atoms with Crippen LogP contribution in [-0.4, -0.2) is 27.3 Å². The van der Waals surface area contributed by atoms with Crippen molar-refractivity contribution in [1.82, 2.24) is 25.4 Å². The SMILES string of the molecule is Cc1nc2n(n1)CCCC2NC(=NCc1cccs1)NCCc1ccco1.I. The molecule has 0 amide bonds. The second-order valence-corrected chi connectivity index (χ2v) is 7.61. The maximum Gasteiger partial charge on any atom is 0.192 e. The van der Waals surface area contributed by atoms with Gasteiger partial charge < -0.3 is 15.1 Å². The lowest BCUT2D eigenvalue weighted by atomic mass is 10.1. The number of aromatic nitrogens is 3. The van der Waals surface area contributed by atoms with Crippen molar-refractivity contribution < 1.29 is 4.42 Å². The molecule has 1 aliphatic heterocycles. The van der Waals surface area contributed by atoms with E-state index in [2.05, 4.69) is 38.2 Å². The Labute approximate surface area is 185 Å². The van der Waals surface area contributed by atoms with E-state index in [4.69, 9.17) is 9.41 Å². The molecular formula is C19H25IN6OS. The minimum Gasteiger partial charge on any atom is -0.469 e. The van der Waals surface area contributed by atoms with Gasteiger partial charge in [-0.25, -0.2) is 14.7 Å². The Morgan fingerprint density at radius 1 is 1.39 bits per heavy atom. The normalized spacial score (nSPS) is 16.3. The fraction of sp³-hybridized carbons (Fsp3) is 0.421. The third-order valence-electron chi connectivity index (χ3n) is 4.51. The summed E-state index contributed by atoms with van der Waals surface area (Å²) in [5.74, 6) is 3.58. The zero-order valence-electron chi connectivity index (χ0n) is 15.8. The minimum absolute atomic E-state index is 0. The first-order valence-electron chi connectivity index (χ1n) is 9.29. The van der Waals surface area contributed by atoms with Gasteiger partial charge in [0.1, 0.15) is 17.4 Å². The summed E-state index contributed by atoms with van der Waals surface area (Å²) < 4.78 is 7.42. The summed E-state index contributed by atoms with van der Waals surface area (Å²) in [6, 6.07) is 8.19. The highest BCUT2D eigenvalue weighted by molar-refractivity contribution is 14.0. The lowest BCUT2D eigenvalue weighted by Crippen LogP contribution is -2.42. The maximum absolute atomic E-state index is 5.41. The quantitative estimate of drug-likeness (QED) is 0.299. The van der Waals surface area contributed by atoms with E-state index in [-0.39, 0.29) is 30.0 Å². The summed E-state index contributed by atoms with van der Waals surface area (Å²) in [5, 5.41) is 13.6. The highest BCUT2D eigenvalue weighted by Gasteiger charge is 2.24. The van der Waals surface area contributed by atoms with E-state index in [0.29, 0.717) is 6.54 Å². The molecule has 1 unspecified atom stereocenters. The first kappa shape index (κ1) is 20.8. The molecule has 4 rings (SSSR count). The molecule has 9 heteroatoms. The van der Waals surface area contributed by atoms with Crippen LogP contribution in [0.2, 0.25) is 0 Å². The zero-order chi connectivity index (χ0) is 18.5. The summed E-state index contributed by atoms with van der Waals surface area (Å²) in [7, 11) is 0. The number of furan rings is 1. The molecule has 3 aromatic rings. The molecule has 0 fully saturated rings. The van der Waals surface area contributed by atoms with Gasteiger partial charge in [0, 0.05) is 24.4 Å². The average molecular weight is 512 g/mol. The number of halogens is 1. The van der Waals surface area contributed by atoms with Crippen molar-refractivity contribution in [2.75, 3.05) is 6.54 Å². The van der Waals surface area contributed by atoms with Crippen LogP contribution in [0.1, 0.15) is 41.2 Å². The van der Waals surface area contributed by atoms with Gasteiger partial charge in [0.25, 0.3) is 0 Å². The van der Waals surface area contributed by atoms with E-state index in [1.807, 2.05) is 23.7 Å². The van der Waals surface area contributed by atoms with Crippen molar-refractivity contribution in [1.29, 1.82) is 0 Å². The molecule has 1 aliphatic rings. The van der Waals surface area contributed by atoms with Gasteiger partial charge in [-0.2, -0.15) is 5.10 Å². The average Bonchev–Trinajstić information content (AvgIpc) is 3.41. The van der Waals surface area contributed by atoms with Gasteiger partial charge in [0.05, 0.1) is 18.8 Å². The number of thiophene rings is 1. The largest absolute Gasteiger partial charge is 0.469 e. The lowest BCUT2D eigenvalue weighted by Gasteiger charge is -2.25. The topological polar surface area (TPSA) is 80.3 Å². The molecule has 1 atom stereocenters. The first-order chi connectivity index (χ1) is 13.3. The Hall–Kier alpha value is -1.88. The molecule has 0 aromatic carbocycles. The number of nitrogens with one attached hydrogen (secondary N) is 2. The monoisotopic (exact) mass is 512 g/mol. The molecule has 0 saturated carbocycles. The second kappa shape index (κ2) is 10.1. The third-order valence-corrected chi connectivity index (χ3v) is 5.37. The van der Waals surface area contributed by atoms with Crippen molar-refractivity contribution in [3.63, 3.8) is 0 Å². The summed E-state index contributed by atoms with van der Waals surface area (Å²) in [6.45, 7) is 4.28. The number of aliphatic imine (C=N–C) groups is 1. The molecule has 7 nitrogen and oxygen atoms in total. The van der Waals surface area contributed by atoms with Crippen molar-refractivity contribution in [3.8, 4) is 0 Å². The number of fused-ring (bicyclic) bond motifs is 1. The predicted molar refractivity (Wildman–Crippen MR) is 121 cm³/mol. The van der Waals surface area contributed by atoms with Crippen LogP contribution in [0.5, 0.6) is 0 Å². The highest BCUT2D eigenvalue weighted by atomic mass is 127. The molecule has 0 radical (unpaired) electrons. The molecule has 150 valence electrons. The van der Waals surface area contributed by atoms with Gasteiger partial charge in [-0.15, -0.1) is 35.3 Å². The van der Waals surface area contributed by atoms with E-state index < -0.39 is 0 Å². The second-order valence-electron chi connectivity index (χ2n) is 6.58. The minimum atomic E-state index is 0. The summed E-state index contributed by atoms with van der Waals surface area (Å²) in [6.07, 6.45) is 4.62. The summed E-state index contributed by atoms with van der Waals surface area (Å²) in [4.78, 5) is 10.6. The van der Waals surface area contributed by atoms with Crippen LogP contribution in [-0.2, 0) is 19.5 Å². The van der Waals surface area contributed by atoms with Crippen LogP contribution >= 0.6 is 35.3 Å². The summed E-state index contributed by atoms with van der Waals surface area (Å²) in [5.41, 5.74) is 0. The van der Waals surface area contributed by atoms with E-state index >= 15 is 0 Å². The Bertz CT molecular complexity index is 875. The standard InChI is InChI=1S/C19H24N6OS.HI/c1-14-22-18-17(7-2-10-25(18)24-14)23-19(21-13-16-6-4-12-27-16)20-9-8-15-5-3-11-26-15;/h3-6,11-12,17H,2,7-10,13H2,1H3,(H2,20,21,23);1H. The molecule has 4 heterocycles. The fourth-order valence-corrected chi connectivity index (χ4v) is 3.87. The molecule has 28 heavy (non-hydrogen) atoms. The molecule has 0 spiro atoms. The zero-order valence-corrected chi connectivity index (χ0v) is 18.9. The van der Waals surface area contributed by atoms with Crippen LogP contribution in [0.25, 0.3) is 0 Å². The summed E-state index contributed by atoms with van der Waals surface area (Å²) >= 11 is 1.72. The van der Waals surface area contributed by atoms with Gasteiger partial charge in [-0.1, -0.05) is 6.07 Å². The Balaban J connectivity index is 0.00000225. The number of hydrogen-bond donors (Lipinski definition) is 2. The Morgan fingerprint density at radius 3 is 3.11 bits per heavy atom. The van der Waals surface area contributed by atoms with Crippen molar-refractivity contribution in [2.45, 2.75) is 45.3 Å². The number of guanidine groups is 1. The smallest absolute Gasteiger partial charge is 0.192 e. The van der Waals surface area contributed by atoms with E-state index in [0.717, 1.165) is 55.7 Å². The van der Waals surface area contributed by atoms with Crippen LogP contribution in [0.3, 0.4) is 0 Å². The van der Waals surface area contributed by atoms with Gasteiger partial charge in [0.2, 0.25) is 0 Å². The Morgan fingerprint density at radius 2 is 2.32 bits per heavy atom. The number of aryl methyl sites for hydroxylation is 2. The molecule has 0 aliphatic carbocycles. The van der Waals surface area contributed by atoms with Gasteiger partial charge in [-0.05, 0) is 43.3 Å².